The van der Waals surface area contributed by atoms with Gasteiger partial charge in [-0.25, -0.2) is 0 Å². The molecule has 3 rings (SSSR count). The van der Waals surface area contributed by atoms with Crippen molar-refractivity contribution in [3.8, 4) is 0 Å². The summed E-state index contributed by atoms with van der Waals surface area (Å²) in [7, 11) is 0. The van der Waals surface area contributed by atoms with Crippen molar-refractivity contribution >= 4 is 5.78 Å². The van der Waals surface area contributed by atoms with Gasteiger partial charge in [0.1, 0.15) is 0 Å². The van der Waals surface area contributed by atoms with E-state index in [0.717, 1.165) is 31.2 Å². The summed E-state index contributed by atoms with van der Waals surface area (Å²) in [6, 6.07) is 7.03. The molecule has 1 aliphatic carbocycles. The summed E-state index contributed by atoms with van der Waals surface area (Å²) in [5.41, 5.74) is 3.23. The van der Waals surface area contributed by atoms with Gasteiger partial charge in [-0.1, -0.05) is 17.2 Å². The zero-order chi connectivity index (χ0) is 14.8. The first kappa shape index (κ1) is 14.7. The summed E-state index contributed by atoms with van der Waals surface area (Å²) in [5, 5.41) is 0. The van der Waals surface area contributed by atoms with Crippen LogP contribution in [0, 0.1) is 13.8 Å². The molecule has 1 aliphatic heterocycles. The quantitative estimate of drug-likeness (QED) is 0.778. The first-order valence-corrected chi connectivity index (χ1v) is 8.20. The summed E-state index contributed by atoms with van der Waals surface area (Å²) in [4.78, 5) is 17.4. The minimum atomic E-state index is 0.284. The first-order chi connectivity index (χ1) is 10.1. The Labute approximate surface area is 127 Å². The van der Waals surface area contributed by atoms with Crippen LogP contribution < -0.4 is 0 Å². The number of benzene rings is 1. The molecule has 114 valence electrons. The number of piperazine rings is 1. The predicted molar refractivity (Wildman–Crippen MR) is 85.9 cm³/mol. The highest BCUT2D eigenvalue weighted by atomic mass is 16.1. The van der Waals surface area contributed by atoms with Crippen molar-refractivity contribution in [1.82, 2.24) is 9.80 Å². The van der Waals surface area contributed by atoms with E-state index in [1.807, 2.05) is 12.1 Å². The number of hydrogen-bond acceptors (Lipinski definition) is 3. The van der Waals surface area contributed by atoms with Crippen LogP contribution in [0.2, 0.25) is 0 Å². The van der Waals surface area contributed by atoms with Crippen molar-refractivity contribution in [1.29, 1.82) is 0 Å². The lowest BCUT2D eigenvalue weighted by molar-refractivity contribution is 0.0921. The molecule has 1 aromatic carbocycles. The molecule has 0 atom stereocenters. The molecule has 1 aromatic rings. The van der Waals surface area contributed by atoms with E-state index in [1.54, 1.807) is 0 Å². The van der Waals surface area contributed by atoms with Crippen LogP contribution >= 0.6 is 0 Å². The van der Waals surface area contributed by atoms with E-state index in [9.17, 15) is 4.79 Å². The third-order valence-corrected chi connectivity index (χ3v) is 4.67. The number of nitrogens with zero attached hydrogens (tertiary/aromatic N) is 2. The molecule has 2 fully saturated rings. The van der Waals surface area contributed by atoms with E-state index in [0.29, 0.717) is 6.42 Å². The number of ketones is 1. The van der Waals surface area contributed by atoms with Gasteiger partial charge in [0, 0.05) is 50.7 Å². The number of rotatable bonds is 5. The van der Waals surface area contributed by atoms with Crippen LogP contribution in [0.5, 0.6) is 0 Å². The Morgan fingerprint density at radius 2 is 1.67 bits per heavy atom. The highest BCUT2D eigenvalue weighted by molar-refractivity contribution is 5.96. The lowest BCUT2D eigenvalue weighted by atomic mass is 10.0. The summed E-state index contributed by atoms with van der Waals surface area (Å²) in [5.74, 6) is 0.284. The van der Waals surface area contributed by atoms with Crippen molar-refractivity contribution in [2.75, 3.05) is 32.7 Å². The van der Waals surface area contributed by atoms with Gasteiger partial charge in [-0.05, 0) is 38.8 Å². The van der Waals surface area contributed by atoms with Gasteiger partial charge < -0.3 is 4.90 Å². The SMILES string of the molecule is Cc1cc(C)cc(C(=O)CCN2CCN(C3CC3)CC2)c1. The van der Waals surface area contributed by atoms with E-state index in [1.165, 1.54) is 37.1 Å². The maximum Gasteiger partial charge on any atom is 0.164 e. The Morgan fingerprint density at radius 1 is 1.05 bits per heavy atom. The fraction of sp³-hybridized carbons (Fsp3) is 0.611. The van der Waals surface area contributed by atoms with Gasteiger partial charge >= 0.3 is 0 Å². The van der Waals surface area contributed by atoms with Gasteiger partial charge in [-0.3, -0.25) is 9.69 Å². The zero-order valence-corrected chi connectivity index (χ0v) is 13.3. The number of carbonyl (C=O) groups excluding carboxylic acids is 1. The highest BCUT2D eigenvalue weighted by Gasteiger charge is 2.31. The molecule has 0 radical (unpaired) electrons. The number of hydrogen-bond donors (Lipinski definition) is 0. The standard InChI is InChI=1S/C18H26N2O/c1-14-11-15(2)13-16(12-14)18(21)5-6-19-7-9-20(10-8-19)17-3-4-17/h11-13,17H,3-10H2,1-2H3. The Bertz CT molecular complexity index is 494. The fourth-order valence-electron chi connectivity index (χ4n) is 3.33. The van der Waals surface area contributed by atoms with Gasteiger partial charge in [-0.15, -0.1) is 0 Å². The van der Waals surface area contributed by atoms with Gasteiger partial charge in [0.25, 0.3) is 0 Å². The van der Waals surface area contributed by atoms with E-state index < -0.39 is 0 Å². The van der Waals surface area contributed by atoms with E-state index >= 15 is 0 Å². The normalized spacial score (nSPS) is 20.7. The average molecular weight is 286 g/mol. The van der Waals surface area contributed by atoms with Crippen LogP contribution in [0.25, 0.3) is 0 Å². The topological polar surface area (TPSA) is 23.6 Å². The summed E-state index contributed by atoms with van der Waals surface area (Å²) >= 11 is 0. The molecule has 1 saturated heterocycles. The second-order valence-corrected chi connectivity index (χ2v) is 6.66. The first-order valence-electron chi connectivity index (χ1n) is 8.20. The molecule has 0 unspecified atom stereocenters. The van der Waals surface area contributed by atoms with Crippen molar-refractivity contribution in [3.63, 3.8) is 0 Å². The van der Waals surface area contributed by atoms with Crippen molar-refractivity contribution in [2.45, 2.75) is 39.2 Å². The minimum Gasteiger partial charge on any atom is -0.300 e. The van der Waals surface area contributed by atoms with Crippen LogP contribution in [0.1, 0.15) is 40.7 Å². The van der Waals surface area contributed by atoms with E-state index in [2.05, 4.69) is 29.7 Å². The maximum absolute atomic E-state index is 12.3. The molecule has 2 aliphatic rings. The smallest absolute Gasteiger partial charge is 0.164 e. The van der Waals surface area contributed by atoms with Gasteiger partial charge in [-0.2, -0.15) is 0 Å². The molecule has 3 nitrogen and oxygen atoms in total. The van der Waals surface area contributed by atoms with Crippen LogP contribution in [0.15, 0.2) is 18.2 Å². The van der Waals surface area contributed by atoms with Crippen LogP contribution in [0.3, 0.4) is 0 Å². The maximum atomic E-state index is 12.3. The molecule has 0 bridgehead atoms. The summed E-state index contributed by atoms with van der Waals surface area (Å²) < 4.78 is 0. The minimum absolute atomic E-state index is 0.284. The number of aryl methyl sites for hydroxylation is 2. The summed E-state index contributed by atoms with van der Waals surface area (Å²) in [6.07, 6.45) is 3.43. The van der Waals surface area contributed by atoms with Crippen molar-refractivity contribution in [2.24, 2.45) is 0 Å². The second-order valence-electron chi connectivity index (χ2n) is 6.66. The molecular weight excluding hydrogens is 260 g/mol. The lowest BCUT2D eigenvalue weighted by Crippen LogP contribution is -2.47. The second kappa shape index (κ2) is 6.29. The monoisotopic (exact) mass is 286 g/mol. The Hall–Kier alpha value is -1.19. The van der Waals surface area contributed by atoms with Crippen molar-refractivity contribution in [3.05, 3.63) is 34.9 Å². The molecular formula is C18H26N2O. The largest absolute Gasteiger partial charge is 0.300 e. The van der Waals surface area contributed by atoms with Crippen LogP contribution in [-0.2, 0) is 0 Å². The highest BCUT2D eigenvalue weighted by Crippen LogP contribution is 2.27. The third kappa shape index (κ3) is 3.92. The van der Waals surface area contributed by atoms with Gasteiger partial charge in [0.05, 0.1) is 0 Å². The fourth-order valence-corrected chi connectivity index (χ4v) is 3.33. The van der Waals surface area contributed by atoms with E-state index in [4.69, 9.17) is 0 Å². The van der Waals surface area contributed by atoms with Crippen LogP contribution in [-0.4, -0.2) is 54.3 Å². The van der Waals surface area contributed by atoms with Crippen LogP contribution in [0.4, 0.5) is 0 Å². The number of carbonyl (C=O) groups is 1. The molecule has 21 heavy (non-hydrogen) atoms. The molecule has 0 aromatic heterocycles. The molecule has 3 heteroatoms. The molecule has 0 spiro atoms. The van der Waals surface area contributed by atoms with Crippen molar-refractivity contribution < 1.29 is 4.79 Å². The van der Waals surface area contributed by atoms with Gasteiger partial charge in [0.15, 0.2) is 5.78 Å². The number of Topliss-reactive ketones (excluding diaryl/α,β-unsaturated/α-hetero) is 1. The molecule has 1 saturated carbocycles. The van der Waals surface area contributed by atoms with Gasteiger partial charge in [0.2, 0.25) is 0 Å². The predicted octanol–water partition coefficient (Wildman–Crippen LogP) is 2.66. The van der Waals surface area contributed by atoms with E-state index in [-0.39, 0.29) is 5.78 Å². The third-order valence-electron chi connectivity index (χ3n) is 4.67. The zero-order valence-electron chi connectivity index (χ0n) is 13.3. The Balaban J connectivity index is 1.47. The molecule has 0 N–H and O–H groups in total. The summed E-state index contributed by atoms with van der Waals surface area (Å²) in [6.45, 7) is 9.63. The molecule has 1 heterocycles. The average Bonchev–Trinajstić information content (AvgIpc) is 3.29. The molecule has 0 amide bonds. The Morgan fingerprint density at radius 3 is 2.24 bits per heavy atom. The lowest BCUT2D eigenvalue weighted by Gasteiger charge is -2.34. The Kier molecular flexibility index (Phi) is 4.41.